The molecule has 38 heavy (non-hydrogen) atoms. The number of imide groups is 1. The molecule has 7 nitrogen and oxygen atoms in total. The Morgan fingerprint density at radius 1 is 0.684 bits per heavy atom. The van der Waals surface area contributed by atoms with E-state index in [-0.39, 0.29) is 33.7 Å². The maximum absolute atomic E-state index is 13.3. The van der Waals surface area contributed by atoms with E-state index in [9.17, 15) is 24.3 Å². The van der Waals surface area contributed by atoms with E-state index in [1.54, 1.807) is 24.3 Å². The molecule has 0 aromatic heterocycles. The number of anilines is 1. The van der Waals surface area contributed by atoms with E-state index < -0.39 is 23.8 Å². The van der Waals surface area contributed by atoms with Crippen LogP contribution in [0.25, 0.3) is 11.1 Å². The van der Waals surface area contributed by atoms with Crippen molar-refractivity contribution in [1.29, 1.82) is 0 Å². The van der Waals surface area contributed by atoms with Crippen LogP contribution in [-0.4, -0.2) is 40.6 Å². The van der Waals surface area contributed by atoms with Crippen LogP contribution < -0.4 is 4.90 Å². The summed E-state index contributed by atoms with van der Waals surface area (Å²) in [5.74, 6) is -1.72. The molecule has 1 unspecified atom stereocenters. The van der Waals surface area contributed by atoms with Crippen molar-refractivity contribution < 1.29 is 24.3 Å². The predicted octanol–water partition coefficient (Wildman–Crippen LogP) is 4.77. The lowest BCUT2D eigenvalue weighted by Gasteiger charge is -2.14. The first-order valence-corrected chi connectivity index (χ1v) is 12.1. The van der Waals surface area contributed by atoms with Gasteiger partial charge in [-0.05, 0) is 48.4 Å². The molecule has 0 saturated carbocycles. The summed E-state index contributed by atoms with van der Waals surface area (Å²) in [6.07, 6.45) is -1.05. The second-order valence-electron chi connectivity index (χ2n) is 9.54. The van der Waals surface area contributed by atoms with Crippen molar-refractivity contribution in [2.75, 3.05) is 11.9 Å². The highest BCUT2D eigenvalue weighted by Crippen LogP contribution is 2.33. The van der Waals surface area contributed by atoms with Gasteiger partial charge in [0, 0.05) is 29.3 Å². The van der Waals surface area contributed by atoms with Crippen molar-refractivity contribution in [3.05, 3.63) is 124 Å². The molecule has 0 fully saturated rings. The van der Waals surface area contributed by atoms with Gasteiger partial charge in [0.2, 0.25) is 0 Å². The topological polar surface area (TPSA) is 95.0 Å². The second-order valence-corrected chi connectivity index (χ2v) is 9.54. The molecule has 0 radical (unpaired) electrons. The number of hydrogen-bond acceptors (Lipinski definition) is 5. The molecule has 0 spiro atoms. The first-order valence-electron chi connectivity index (χ1n) is 12.1. The highest BCUT2D eigenvalue weighted by Gasteiger charge is 2.38. The van der Waals surface area contributed by atoms with E-state index in [0.717, 1.165) is 21.6 Å². The summed E-state index contributed by atoms with van der Waals surface area (Å²) in [7, 11) is 1.49. The lowest BCUT2D eigenvalue weighted by molar-refractivity contribution is 0.0301. The van der Waals surface area contributed by atoms with Crippen LogP contribution in [-0.2, 0) is 0 Å². The van der Waals surface area contributed by atoms with Crippen molar-refractivity contribution in [2.24, 2.45) is 0 Å². The highest BCUT2D eigenvalue weighted by atomic mass is 16.3. The zero-order valence-corrected chi connectivity index (χ0v) is 20.6. The fourth-order valence-corrected chi connectivity index (χ4v) is 4.95. The highest BCUT2D eigenvalue weighted by molar-refractivity contribution is 6.35. The number of nitrogens with zero attached hydrogens (tertiary/aromatic N) is 2. The van der Waals surface area contributed by atoms with E-state index in [4.69, 9.17) is 0 Å². The molecule has 0 aliphatic carbocycles. The zero-order valence-electron chi connectivity index (χ0n) is 20.6. The maximum Gasteiger partial charge on any atom is 0.266 e. The van der Waals surface area contributed by atoms with Crippen molar-refractivity contribution >= 4 is 29.2 Å². The van der Waals surface area contributed by atoms with Crippen LogP contribution in [0.15, 0.2) is 84.9 Å². The Labute approximate surface area is 218 Å². The number of hydrogen-bond donors (Lipinski definition) is 1. The monoisotopic (exact) mass is 502 g/mol. The Bertz CT molecular complexity index is 1670. The number of carbonyl (C=O) groups excluding carboxylic acids is 4. The number of rotatable bonds is 4. The minimum atomic E-state index is -1.05. The molecule has 4 aromatic carbocycles. The van der Waals surface area contributed by atoms with Crippen LogP contribution in [0.4, 0.5) is 5.69 Å². The summed E-state index contributed by atoms with van der Waals surface area (Å²) in [5, 5.41) is 10.2. The average Bonchev–Trinajstić information content (AvgIpc) is 3.32. The minimum absolute atomic E-state index is 0.149. The fraction of sp³-hybridized carbons (Fsp3) is 0.0968. The van der Waals surface area contributed by atoms with Gasteiger partial charge >= 0.3 is 0 Å². The molecule has 7 heteroatoms. The quantitative estimate of drug-likeness (QED) is 0.320. The van der Waals surface area contributed by atoms with Gasteiger partial charge in [-0.1, -0.05) is 60.2 Å². The van der Waals surface area contributed by atoms with E-state index >= 15 is 0 Å². The van der Waals surface area contributed by atoms with Crippen LogP contribution >= 0.6 is 0 Å². The summed E-state index contributed by atoms with van der Waals surface area (Å²) >= 11 is 0. The summed E-state index contributed by atoms with van der Waals surface area (Å²) in [6.45, 7) is 2.02. The molecule has 6 rings (SSSR count). The van der Waals surface area contributed by atoms with Crippen LogP contribution in [0.5, 0.6) is 0 Å². The standard InChI is InChI=1S/C31H22N2O5/c1-17-3-5-18(6-4-17)19-7-11-22(12-8-19)33-30(37)24-14-10-21(16-26(24)31(33)38)27(34)20-9-13-23-25(15-20)29(36)32(2)28(23)35/h3-16,28,35H,1-2H3. The third-order valence-corrected chi connectivity index (χ3v) is 7.17. The molecule has 0 saturated heterocycles. The van der Waals surface area contributed by atoms with E-state index in [1.165, 1.54) is 36.2 Å². The number of aliphatic hydroxyl groups excluding tert-OH is 1. The third-order valence-electron chi connectivity index (χ3n) is 7.17. The van der Waals surface area contributed by atoms with Crippen LogP contribution in [0.2, 0.25) is 0 Å². The van der Waals surface area contributed by atoms with Gasteiger partial charge in [-0.25, -0.2) is 4.90 Å². The molecular weight excluding hydrogens is 480 g/mol. The smallest absolute Gasteiger partial charge is 0.266 e. The molecule has 2 aliphatic heterocycles. The normalized spacial score (nSPS) is 16.2. The number of fused-ring (bicyclic) bond motifs is 2. The first kappa shape index (κ1) is 23.5. The Morgan fingerprint density at radius 3 is 1.89 bits per heavy atom. The number of ketones is 1. The molecule has 0 bridgehead atoms. The Hall–Kier alpha value is -4.88. The molecule has 2 heterocycles. The lowest BCUT2D eigenvalue weighted by atomic mass is 9.96. The van der Waals surface area contributed by atoms with E-state index in [1.807, 2.05) is 43.3 Å². The van der Waals surface area contributed by atoms with Gasteiger partial charge in [-0.2, -0.15) is 0 Å². The largest absolute Gasteiger partial charge is 0.369 e. The van der Waals surface area contributed by atoms with Gasteiger partial charge in [0.05, 0.1) is 16.8 Å². The second kappa shape index (κ2) is 8.61. The van der Waals surface area contributed by atoms with E-state index in [2.05, 4.69) is 0 Å². The van der Waals surface area contributed by atoms with Crippen molar-refractivity contribution in [3.8, 4) is 11.1 Å². The van der Waals surface area contributed by atoms with Gasteiger partial charge < -0.3 is 10.0 Å². The van der Waals surface area contributed by atoms with Crippen molar-refractivity contribution in [1.82, 2.24) is 4.90 Å². The van der Waals surface area contributed by atoms with Gasteiger partial charge in [0.25, 0.3) is 17.7 Å². The van der Waals surface area contributed by atoms with Crippen LogP contribution in [0, 0.1) is 6.92 Å². The molecule has 4 aromatic rings. The van der Waals surface area contributed by atoms with Gasteiger partial charge in [0.15, 0.2) is 12.0 Å². The van der Waals surface area contributed by atoms with Crippen molar-refractivity contribution in [2.45, 2.75) is 13.2 Å². The number of aryl methyl sites for hydroxylation is 1. The zero-order chi connectivity index (χ0) is 26.7. The summed E-state index contributed by atoms with van der Waals surface area (Å²) in [4.78, 5) is 54.4. The van der Waals surface area contributed by atoms with Crippen LogP contribution in [0.1, 0.15) is 64.4 Å². The number of carbonyl (C=O) groups is 4. The molecule has 3 amide bonds. The van der Waals surface area contributed by atoms with Gasteiger partial charge in [-0.3, -0.25) is 19.2 Å². The van der Waals surface area contributed by atoms with Crippen molar-refractivity contribution in [3.63, 3.8) is 0 Å². The number of amides is 3. The SMILES string of the molecule is Cc1ccc(-c2ccc(N3C(=O)c4ccc(C(=O)c5ccc6c(c5)C(=O)N(C)C6O)cc4C3=O)cc2)cc1. The average molecular weight is 503 g/mol. The minimum Gasteiger partial charge on any atom is -0.369 e. The fourth-order valence-electron chi connectivity index (χ4n) is 4.95. The predicted molar refractivity (Wildman–Crippen MR) is 141 cm³/mol. The molecule has 1 atom stereocenters. The molecule has 186 valence electrons. The number of benzene rings is 4. The Kier molecular flexibility index (Phi) is 5.33. The summed E-state index contributed by atoms with van der Waals surface area (Å²) in [5.41, 5.74) is 5.14. The number of aliphatic hydroxyl groups is 1. The Morgan fingerprint density at radius 2 is 1.24 bits per heavy atom. The first-order chi connectivity index (χ1) is 18.2. The molecular formula is C31H22N2O5. The van der Waals surface area contributed by atoms with E-state index in [0.29, 0.717) is 11.3 Å². The molecule has 1 N–H and O–H groups in total. The maximum atomic E-state index is 13.3. The summed E-state index contributed by atoms with van der Waals surface area (Å²) in [6, 6.07) is 24.2. The third kappa shape index (κ3) is 3.55. The van der Waals surface area contributed by atoms with Gasteiger partial charge in [0.1, 0.15) is 0 Å². The van der Waals surface area contributed by atoms with Crippen LogP contribution in [0.3, 0.4) is 0 Å². The lowest BCUT2D eigenvalue weighted by Crippen LogP contribution is -2.29. The summed E-state index contributed by atoms with van der Waals surface area (Å²) < 4.78 is 0. The molecule has 2 aliphatic rings. The van der Waals surface area contributed by atoms with Gasteiger partial charge in [-0.15, -0.1) is 0 Å². The Balaban J connectivity index is 1.28.